The predicted molar refractivity (Wildman–Crippen MR) is 112 cm³/mol. The van der Waals surface area contributed by atoms with Crippen molar-refractivity contribution in [3.63, 3.8) is 0 Å². The van der Waals surface area contributed by atoms with E-state index in [2.05, 4.69) is 54.9 Å². The van der Waals surface area contributed by atoms with Crippen LogP contribution in [0.2, 0.25) is 0 Å². The van der Waals surface area contributed by atoms with Gasteiger partial charge in [-0.1, -0.05) is 45.0 Å². The fraction of sp³-hybridized carbons (Fsp3) is 0.444. The lowest BCUT2D eigenvalue weighted by molar-refractivity contribution is -0.113. The van der Waals surface area contributed by atoms with Crippen molar-refractivity contribution < 1.29 is 4.79 Å². The monoisotopic (exact) mass is 426 g/mol. The van der Waals surface area contributed by atoms with E-state index in [1.165, 1.54) is 17.3 Å². The van der Waals surface area contributed by atoms with Crippen LogP contribution in [0, 0.1) is 0 Å². The number of nitrogens with zero attached hydrogens (tertiary/aromatic N) is 2. The molecule has 1 saturated heterocycles. The number of amidine groups is 1. The maximum atomic E-state index is 12.1. The van der Waals surface area contributed by atoms with Crippen molar-refractivity contribution in [1.82, 2.24) is 4.90 Å². The zero-order chi connectivity index (χ0) is 16.4. The second-order valence-electron chi connectivity index (χ2n) is 6.78. The average molecular weight is 427 g/mol. The van der Waals surface area contributed by atoms with Gasteiger partial charge in [0.2, 0.25) is 0 Å². The van der Waals surface area contributed by atoms with Gasteiger partial charge in [-0.05, 0) is 34.4 Å². The van der Waals surface area contributed by atoms with Crippen molar-refractivity contribution in [3.05, 3.63) is 40.3 Å². The molecule has 1 aromatic carbocycles. The van der Waals surface area contributed by atoms with Crippen LogP contribution in [0.4, 0.5) is 0 Å². The quantitative estimate of drug-likeness (QED) is 0.615. The number of hydrogen-bond acceptors (Lipinski definition) is 4. The molecule has 2 aliphatic heterocycles. The molecule has 0 aromatic heterocycles. The van der Waals surface area contributed by atoms with E-state index in [0.717, 1.165) is 40.2 Å². The summed E-state index contributed by atoms with van der Waals surface area (Å²) in [4.78, 5) is 19.3. The highest BCUT2D eigenvalue weighted by atomic mass is 79.9. The molecule has 0 atom stereocenters. The summed E-state index contributed by atoms with van der Waals surface area (Å²) in [6.45, 7) is 8.57. The maximum absolute atomic E-state index is 12.1. The van der Waals surface area contributed by atoms with E-state index in [-0.39, 0.29) is 28.3 Å². The van der Waals surface area contributed by atoms with Gasteiger partial charge in [-0.3, -0.25) is 4.79 Å². The molecular weight excluding hydrogens is 404 g/mol. The minimum absolute atomic E-state index is 0. The van der Waals surface area contributed by atoms with Crippen molar-refractivity contribution in [2.24, 2.45) is 4.99 Å². The smallest absolute Gasteiger partial charge is 0.286 e. The Labute approximate surface area is 163 Å². The van der Waals surface area contributed by atoms with Gasteiger partial charge in [0, 0.05) is 24.6 Å². The fourth-order valence-electron chi connectivity index (χ4n) is 2.52. The number of carbonyl (C=O) groups excluding carboxylic acids is 1. The van der Waals surface area contributed by atoms with Crippen molar-refractivity contribution in [2.45, 2.75) is 26.2 Å². The standard InChI is InChI=1S/C18H22N2OS2.BrH/c1-18(2,3)14-6-4-13(5-7-14)12-15-16(21)19-17(23-15)20-8-10-22-11-9-20;/h4-7,12H,8-11H2,1-3H3;1H. The van der Waals surface area contributed by atoms with Gasteiger partial charge in [-0.15, -0.1) is 17.0 Å². The summed E-state index contributed by atoms with van der Waals surface area (Å²) < 4.78 is 0. The van der Waals surface area contributed by atoms with Crippen molar-refractivity contribution in [3.8, 4) is 0 Å². The Balaban J connectivity index is 0.00000208. The van der Waals surface area contributed by atoms with Crippen LogP contribution in [-0.2, 0) is 10.2 Å². The fourth-order valence-corrected chi connectivity index (χ4v) is 4.39. The first-order chi connectivity index (χ1) is 10.9. The minimum Gasteiger partial charge on any atom is -0.349 e. The molecule has 0 radical (unpaired) electrons. The lowest BCUT2D eigenvalue weighted by Gasteiger charge is -2.26. The van der Waals surface area contributed by atoms with Gasteiger partial charge in [-0.2, -0.15) is 16.8 Å². The second kappa shape index (κ2) is 8.11. The molecule has 0 saturated carbocycles. The molecule has 0 bridgehead atoms. The van der Waals surface area contributed by atoms with Gasteiger partial charge in [0.1, 0.15) is 0 Å². The summed E-state index contributed by atoms with van der Waals surface area (Å²) in [5.41, 5.74) is 2.50. The highest BCUT2D eigenvalue weighted by Gasteiger charge is 2.27. The third-order valence-electron chi connectivity index (χ3n) is 3.97. The molecule has 1 amide bonds. The molecule has 1 fully saturated rings. The third-order valence-corrected chi connectivity index (χ3v) is 5.95. The SMILES string of the molecule is Br.CC(C)(C)c1ccc(C=C2SC(N3CCSCC3)=NC2=O)cc1. The van der Waals surface area contributed by atoms with E-state index in [9.17, 15) is 4.79 Å². The van der Waals surface area contributed by atoms with Gasteiger partial charge in [0.05, 0.1) is 4.91 Å². The number of carbonyl (C=O) groups is 1. The molecule has 3 nitrogen and oxygen atoms in total. The van der Waals surface area contributed by atoms with Crippen LogP contribution < -0.4 is 0 Å². The largest absolute Gasteiger partial charge is 0.349 e. The summed E-state index contributed by atoms with van der Waals surface area (Å²) in [5.74, 6) is 2.12. The molecule has 0 spiro atoms. The summed E-state index contributed by atoms with van der Waals surface area (Å²) in [6, 6.07) is 8.44. The predicted octanol–water partition coefficient (Wildman–Crippen LogP) is 4.58. The molecule has 3 rings (SSSR count). The Bertz CT molecular complexity index is 657. The summed E-state index contributed by atoms with van der Waals surface area (Å²) in [7, 11) is 0. The van der Waals surface area contributed by atoms with E-state index in [4.69, 9.17) is 0 Å². The normalized spacial score (nSPS) is 20.1. The molecule has 0 aliphatic carbocycles. The molecule has 130 valence electrons. The zero-order valence-electron chi connectivity index (χ0n) is 14.2. The van der Waals surface area contributed by atoms with Crippen LogP contribution in [0.3, 0.4) is 0 Å². The van der Waals surface area contributed by atoms with Gasteiger partial charge in [0.25, 0.3) is 5.91 Å². The van der Waals surface area contributed by atoms with Crippen molar-refractivity contribution in [2.75, 3.05) is 24.6 Å². The summed E-state index contributed by atoms with van der Waals surface area (Å²) in [5, 5.41) is 0.868. The van der Waals surface area contributed by atoms with Crippen LogP contribution >= 0.6 is 40.5 Å². The van der Waals surface area contributed by atoms with E-state index >= 15 is 0 Å². The minimum atomic E-state index is -0.108. The van der Waals surface area contributed by atoms with Crippen LogP contribution in [0.5, 0.6) is 0 Å². The van der Waals surface area contributed by atoms with Crippen molar-refractivity contribution in [1.29, 1.82) is 0 Å². The number of thioether (sulfide) groups is 2. The van der Waals surface area contributed by atoms with Gasteiger partial charge in [-0.25, -0.2) is 0 Å². The summed E-state index contributed by atoms with van der Waals surface area (Å²) >= 11 is 3.47. The number of amides is 1. The molecule has 0 N–H and O–H groups in total. The van der Waals surface area contributed by atoms with Crippen LogP contribution in [0.15, 0.2) is 34.2 Å². The van der Waals surface area contributed by atoms with E-state index in [0.29, 0.717) is 0 Å². The Morgan fingerprint density at radius 2 is 1.75 bits per heavy atom. The van der Waals surface area contributed by atoms with E-state index in [1.54, 1.807) is 0 Å². The van der Waals surface area contributed by atoms with Crippen LogP contribution in [-0.4, -0.2) is 40.6 Å². The Morgan fingerprint density at radius 3 is 2.33 bits per heavy atom. The average Bonchev–Trinajstić information content (AvgIpc) is 2.89. The molecule has 2 aliphatic rings. The first-order valence-corrected chi connectivity index (χ1v) is 9.86. The molecule has 24 heavy (non-hydrogen) atoms. The topological polar surface area (TPSA) is 32.7 Å². The zero-order valence-corrected chi connectivity index (χ0v) is 17.6. The number of hydrogen-bond donors (Lipinski definition) is 0. The lowest BCUT2D eigenvalue weighted by atomic mass is 9.87. The number of aliphatic imine (C=N–C) groups is 1. The second-order valence-corrected chi connectivity index (χ2v) is 9.02. The molecule has 1 aromatic rings. The third kappa shape index (κ3) is 4.67. The lowest BCUT2D eigenvalue weighted by Crippen LogP contribution is -2.35. The van der Waals surface area contributed by atoms with E-state index < -0.39 is 0 Å². The number of halogens is 1. The van der Waals surface area contributed by atoms with Crippen LogP contribution in [0.1, 0.15) is 31.9 Å². The van der Waals surface area contributed by atoms with Gasteiger partial charge >= 0.3 is 0 Å². The highest BCUT2D eigenvalue weighted by Crippen LogP contribution is 2.31. The maximum Gasteiger partial charge on any atom is 0.286 e. The van der Waals surface area contributed by atoms with Gasteiger partial charge in [0.15, 0.2) is 5.17 Å². The molecule has 0 unspecified atom stereocenters. The first-order valence-electron chi connectivity index (χ1n) is 7.89. The first kappa shape index (κ1) is 19.6. The Morgan fingerprint density at radius 1 is 1.12 bits per heavy atom. The van der Waals surface area contributed by atoms with E-state index in [1.807, 2.05) is 17.8 Å². The number of rotatable bonds is 1. The molecule has 6 heteroatoms. The highest BCUT2D eigenvalue weighted by molar-refractivity contribution is 8.93. The molecular formula is C18H23BrN2OS2. The summed E-state index contributed by atoms with van der Waals surface area (Å²) in [6.07, 6.45) is 1.95. The van der Waals surface area contributed by atoms with Crippen molar-refractivity contribution >= 4 is 57.7 Å². The Hall–Kier alpha value is -0.720. The van der Waals surface area contributed by atoms with Crippen LogP contribution in [0.25, 0.3) is 6.08 Å². The van der Waals surface area contributed by atoms with Gasteiger partial charge < -0.3 is 4.90 Å². The molecule has 2 heterocycles. The number of benzene rings is 1. The Kier molecular flexibility index (Phi) is 6.62.